The number of nitrogens with one attached hydrogen (secondary N) is 1. The lowest BCUT2D eigenvalue weighted by Crippen LogP contribution is -2.38. The van der Waals surface area contributed by atoms with Gasteiger partial charge in [-0.3, -0.25) is 4.79 Å². The van der Waals surface area contributed by atoms with Gasteiger partial charge < -0.3 is 10.4 Å². The fraction of sp³-hybridized carbons (Fsp3) is 0.375. The van der Waals surface area contributed by atoms with E-state index in [1.54, 1.807) is 16.8 Å². The van der Waals surface area contributed by atoms with Crippen molar-refractivity contribution in [1.29, 1.82) is 0 Å². The molecule has 0 radical (unpaired) electrons. The monoisotopic (exact) mass is 321 g/mol. The molecule has 2 rings (SSSR count). The van der Waals surface area contributed by atoms with E-state index in [-0.39, 0.29) is 24.5 Å². The van der Waals surface area contributed by atoms with E-state index in [1.165, 1.54) is 0 Å². The van der Waals surface area contributed by atoms with E-state index in [0.29, 0.717) is 10.7 Å². The number of rotatable bonds is 5. The first-order valence-corrected chi connectivity index (χ1v) is 7.55. The van der Waals surface area contributed by atoms with E-state index in [9.17, 15) is 4.79 Å². The Labute approximate surface area is 134 Å². The van der Waals surface area contributed by atoms with Gasteiger partial charge in [-0.25, -0.2) is 4.68 Å². The SMILES string of the molecule is Cc1cc(C(=O)NC(C)C(C)CO)nn1-c1ccccc1Cl. The van der Waals surface area contributed by atoms with E-state index in [0.717, 1.165) is 11.4 Å². The molecule has 0 fully saturated rings. The van der Waals surface area contributed by atoms with Crippen molar-refractivity contribution >= 4 is 17.5 Å². The molecule has 5 nitrogen and oxygen atoms in total. The molecule has 1 aromatic heterocycles. The number of aromatic nitrogens is 2. The van der Waals surface area contributed by atoms with E-state index < -0.39 is 0 Å². The summed E-state index contributed by atoms with van der Waals surface area (Å²) in [6, 6.07) is 8.92. The number of carbonyl (C=O) groups is 1. The molecule has 0 saturated carbocycles. The Morgan fingerprint density at radius 1 is 1.41 bits per heavy atom. The van der Waals surface area contributed by atoms with Crippen LogP contribution >= 0.6 is 11.6 Å². The van der Waals surface area contributed by atoms with Crippen molar-refractivity contribution in [2.45, 2.75) is 26.8 Å². The third-order valence-electron chi connectivity index (χ3n) is 3.70. The lowest BCUT2D eigenvalue weighted by Gasteiger charge is -2.18. The predicted octanol–water partition coefficient (Wildman–Crippen LogP) is 2.58. The first-order valence-electron chi connectivity index (χ1n) is 7.17. The molecule has 2 N–H and O–H groups in total. The number of carbonyl (C=O) groups excluding carboxylic acids is 1. The Bertz CT molecular complexity index is 669. The Hall–Kier alpha value is -1.85. The highest BCUT2D eigenvalue weighted by atomic mass is 35.5. The van der Waals surface area contributed by atoms with Gasteiger partial charge in [-0.1, -0.05) is 30.7 Å². The third-order valence-corrected chi connectivity index (χ3v) is 4.02. The summed E-state index contributed by atoms with van der Waals surface area (Å²) < 4.78 is 1.65. The van der Waals surface area contributed by atoms with Gasteiger partial charge in [0.15, 0.2) is 5.69 Å². The molecular formula is C16H20ClN3O2. The summed E-state index contributed by atoms with van der Waals surface area (Å²) in [6.07, 6.45) is 0. The number of amides is 1. The molecule has 0 aliphatic heterocycles. The number of halogens is 1. The molecule has 2 aromatic rings. The van der Waals surface area contributed by atoms with Crippen molar-refractivity contribution in [3.63, 3.8) is 0 Å². The van der Waals surface area contributed by atoms with Crippen LogP contribution in [0.4, 0.5) is 0 Å². The van der Waals surface area contributed by atoms with Crippen LogP contribution in [0, 0.1) is 12.8 Å². The van der Waals surface area contributed by atoms with E-state index >= 15 is 0 Å². The van der Waals surface area contributed by atoms with Gasteiger partial charge in [0.25, 0.3) is 5.91 Å². The number of aliphatic hydroxyl groups is 1. The first kappa shape index (κ1) is 16.5. The molecule has 1 amide bonds. The number of aliphatic hydroxyl groups excluding tert-OH is 1. The highest BCUT2D eigenvalue weighted by molar-refractivity contribution is 6.32. The number of aryl methyl sites for hydroxylation is 1. The summed E-state index contributed by atoms with van der Waals surface area (Å²) in [7, 11) is 0. The van der Waals surface area contributed by atoms with Gasteiger partial charge in [-0.15, -0.1) is 0 Å². The summed E-state index contributed by atoms with van der Waals surface area (Å²) in [6.45, 7) is 5.62. The summed E-state index contributed by atoms with van der Waals surface area (Å²) in [4.78, 5) is 12.3. The molecule has 0 spiro atoms. The molecular weight excluding hydrogens is 302 g/mol. The van der Waals surface area contributed by atoms with Crippen molar-refractivity contribution in [1.82, 2.24) is 15.1 Å². The maximum absolute atomic E-state index is 12.3. The number of nitrogens with zero attached hydrogens (tertiary/aromatic N) is 2. The highest BCUT2D eigenvalue weighted by Crippen LogP contribution is 2.21. The highest BCUT2D eigenvalue weighted by Gasteiger charge is 2.18. The molecule has 0 saturated heterocycles. The average molecular weight is 322 g/mol. The molecule has 2 atom stereocenters. The van der Waals surface area contributed by atoms with Crippen molar-refractivity contribution in [3.8, 4) is 5.69 Å². The second kappa shape index (κ2) is 6.94. The average Bonchev–Trinajstić information content (AvgIpc) is 2.88. The van der Waals surface area contributed by atoms with Crippen molar-refractivity contribution < 1.29 is 9.90 Å². The van der Waals surface area contributed by atoms with E-state index in [2.05, 4.69) is 10.4 Å². The van der Waals surface area contributed by atoms with Crippen LogP contribution in [0.1, 0.15) is 30.0 Å². The lowest BCUT2D eigenvalue weighted by atomic mass is 10.1. The van der Waals surface area contributed by atoms with Crippen LogP contribution in [0.2, 0.25) is 5.02 Å². The minimum Gasteiger partial charge on any atom is -0.396 e. The Kier molecular flexibility index (Phi) is 5.21. The van der Waals surface area contributed by atoms with Crippen molar-refractivity contribution in [2.24, 2.45) is 5.92 Å². The summed E-state index contributed by atoms with van der Waals surface area (Å²) >= 11 is 6.18. The second-order valence-corrected chi connectivity index (χ2v) is 5.86. The Balaban J connectivity index is 2.23. The first-order chi connectivity index (χ1) is 10.4. The maximum atomic E-state index is 12.3. The quantitative estimate of drug-likeness (QED) is 0.889. The largest absolute Gasteiger partial charge is 0.396 e. The van der Waals surface area contributed by atoms with Crippen LogP contribution in [-0.4, -0.2) is 33.4 Å². The lowest BCUT2D eigenvalue weighted by molar-refractivity contribution is 0.0911. The smallest absolute Gasteiger partial charge is 0.272 e. The van der Waals surface area contributed by atoms with Crippen molar-refractivity contribution in [2.75, 3.05) is 6.61 Å². The van der Waals surface area contributed by atoms with Gasteiger partial charge in [0.2, 0.25) is 0 Å². The minimum absolute atomic E-state index is 0.0179. The zero-order valence-electron chi connectivity index (χ0n) is 12.9. The van der Waals surface area contributed by atoms with Crippen LogP contribution in [0.5, 0.6) is 0 Å². The fourth-order valence-corrected chi connectivity index (χ4v) is 2.25. The molecule has 6 heteroatoms. The molecule has 1 heterocycles. The topological polar surface area (TPSA) is 67.2 Å². The summed E-state index contributed by atoms with van der Waals surface area (Å²) in [5.74, 6) is -0.280. The predicted molar refractivity (Wildman–Crippen MR) is 86.5 cm³/mol. The molecule has 2 unspecified atom stereocenters. The molecule has 0 aliphatic carbocycles. The van der Waals surface area contributed by atoms with Crippen molar-refractivity contribution in [3.05, 3.63) is 46.7 Å². The summed E-state index contributed by atoms with van der Waals surface area (Å²) in [5, 5.41) is 16.9. The van der Waals surface area contributed by atoms with Gasteiger partial charge in [0, 0.05) is 18.3 Å². The van der Waals surface area contributed by atoms with Crippen LogP contribution < -0.4 is 5.32 Å². The van der Waals surface area contributed by atoms with Gasteiger partial charge in [-0.2, -0.15) is 5.10 Å². The van der Waals surface area contributed by atoms with Crippen LogP contribution in [0.3, 0.4) is 0 Å². The number of benzene rings is 1. The summed E-state index contributed by atoms with van der Waals surface area (Å²) in [5.41, 5.74) is 1.88. The zero-order chi connectivity index (χ0) is 16.3. The van der Waals surface area contributed by atoms with Crippen LogP contribution in [0.15, 0.2) is 30.3 Å². The van der Waals surface area contributed by atoms with Gasteiger partial charge in [-0.05, 0) is 38.0 Å². The van der Waals surface area contributed by atoms with Gasteiger partial charge in [0.1, 0.15) is 0 Å². The number of hydrogen-bond donors (Lipinski definition) is 2. The number of hydrogen-bond acceptors (Lipinski definition) is 3. The third kappa shape index (κ3) is 3.48. The second-order valence-electron chi connectivity index (χ2n) is 5.46. The molecule has 118 valence electrons. The molecule has 1 aromatic carbocycles. The van der Waals surface area contributed by atoms with Crippen LogP contribution in [0.25, 0.3) is 5.69 Å². The number of para-hydroxylation sites is 1. The van der Waals surface area contributed by atoms with Crippen LogP contribution in [-0.2, 0) is 0 Å². The van der Waals surface area contributed by atoms with Gasteiger partial charge in [0.05, 0.1) is 10.7 Å². The molecule has 22 heavy (non-hydrogen) atoms. The molecule has 0 bridgehead atoms. The van der Waals surface area contributed by atoms with Gasteiger partial charge >= 0.3 is 0 Å². The normalized spacial score (nSPS) is 13.7. The minimum atomic E-state index is -0.262. The zero-order valence-corrected chi connectivity index (χ0v) is 13.6. The van der Waals surface area contributed by atoms with E-state index in [4.69, 9.17) is 16.7 Å². The Morgan fingerprint density at radius 3 is 2.73 bits per heavy atom. The fourth-order valence-electron chi connectivity index (χ4n) is 2.03. The molecule has 0 aliphatic rings. The Morgan fingerprint density at radius 2 is 2.09 bits per heavy atom. The maximum Gasteiger partial charge on any atom is 0.272 e. The standard InChI is InChI=1S/C16H20ClN3O2/c1-10(9-21)12(3)18-16(22)14-8-11(2)20(19-14)15-7-5-4-6-13(15)17/h4-8,10,12,21H,9H2,1-3H3,(H,18,22). The van der Waals surface area contributed by atoms with E-state index in [1.807, 2.05) is 39.0 Å².